The number of nitrogens with one attached hydrogen (secondary N) is 2. The summed E-state index contributed by atoms with van der Waals surface area (Å²) in [4.78, 5) is 24.6. The Hall–Kier alpha value is -3.85. The van der Waals surface area contributed by atoms with Crippen LogP contribution in [0.1, 0.15) is 35.7 Å². The lowest BCUT2D eigenvalue weighted by Crippen LogP contribution is -2.17. The Balaban J connectivity index is 1.31. The third-order valence-corrected chi connectivity index (χ3v) is 6.89. The largest absolute Gasteiger partial charge is 0.486 e. The maximum absolute atomic E-state index is 12.7. The summed E-state index contributed by atoms with van der Waals surface area (Å²) in [6.45, 7) is 2.82. The second-order valence-electron chi connectivity index (χ2n) is 8.01. The number of rotatable bonds is 9. The molecule has 8 nitrogen and oxygen atoms in total. The van der Waals surface area contributed by atoms with Gasteiger partial charge in [-0.3, -0.25) is 14.3 Å². The molecular formula is C26H26N2O6S. The van der Waals surface area contributed by atoms with Gasteiger partial charge in [-0.15, -0.1) is 0 Å². The number of aryl methyl sites for hydroxylation is 1. The monoisotopic (exact) mass is 494 g/mol. The van der Waals surface area contributed by atoms with Crippen molar-refractivity contribution >= 4 is 33.1 Å². The van der Waals surface area contributed by atoms with E-state index < -0.39 is 10.0 Å². The first-order chi connectivity index (χ1) is 16.8. The van der Waals surface area contributed by atoms with E-state index in [0.29, 0.717) is 41.7 Å². The zero-order valence-corrected chi connectivity index (χ0v) is 20.1. The number of anilines is 2. The molecule has 3 aromatic carbocycles. The molecule has 0 atom stereocenters. The van der Waals surface area contributed by atoms with Gasteiger partial charge in [-0.05, 0) is 48.4 Å². The van der Waals surface area contributed by atoms with E-state index in [1.165, 1.54) is 12.1 Å². The van der Waals surface area contributed by atoms with Crippen LogP contribution in [-0.4, -0.2) is 33.3 Å². The first kappa shape index (κ1) is 24.3. The number of ether oxygens (including phenoxy) is 2. The summed E-state index contributed by atoms with van der Waals surface area (Å²) < 4.78 is 38.9. The summed E-state index contributed by atoms with van der Waals surface area (Å²) in [5.74, 6) is 0.500. The van der Waals surface area contributed by atoms with Crippen LogP contribution in [0.25, 0.3) is 0 Å². The fraction of sp³-hybridized carbons (Fsp3) is 0.231. The maximum atomic E-state index is 12.7. The van der Waals surface area contributed by atoms with Gasteiger partial charge in [-0.25, -0.2) is 8.42 Å². The number of hydrogen-bond donors (Lipinski definition) is 2. The Morgan fingerprint density at radius 2 is 1.49 bits per heavy atom. The number of Topliss-reactive ketones (excluding diaryl/α,β-unsaturated/α-hetero) is 1. The quantitative estimate of drug-likeness (QED) is 0.426. The summed E-state index contributed by atoms with van der Waals surface area (Å²) in [6.07, 6.45) is 1.05. The molecule has 35 heavy (non-hydrogen) atoms. The van der Waals surface area contributed by atoms with E-state index in [0.717, 1.165) is 12.0 Å². The van der Waals surface area contributed by atoms with Gasteiger partial charge in [0.25, 0.3) is 10.0 Å². The summed E-state index contributed by atoms with van der Waals surface area (Å²) in [5, 5.41) is 2.72. The van der Waals surface area contributed by atoms with Crippen LogP contribution in [0.3, 0.4) is 0 Å². The van der Waals surface area contributed by atoms with Gasteiger partial charge >= 0.3 is 0 Å². The van der Waals surface area contributed by atoms with Crippen LogP contribution in [0.5, 0.6) is 11.5 Å². The van der Waals surface area contributed by atoms with Gasteiger partial charge in [0.1, 0.15) is 13.2 Å². The highest BCUT2D eigenvalue weighted by Crippen LogP contribution is 2.32. The maximum Gasteiger partial charge on any atom is 0.262 e. The van der Waals surface area contributed by atoms with E-state index in [1.54, 1.807) is 42.5 Å². The van der Waals surface area contributed by atoms with Gasteiger partial charge in [0.15, 0.2) is 17.3 Å². The molecule has 1 amide bonds. The molecule has 3 aromatic rings. The molecule has 0 spiro atoms. The first-order valence-electron chi connectivity index (χ1n) is 11.3. The highest BCUT2D eigenvalue weighted by molar-refractivity contribution is 7.92. The van der Waals surface area contributed by atoms with Gasteiger partial charge in [0, 0.05) is 35.8 Å². The summed E-state index contributed by atoms with van der Waals surface area (Å²) in [5.41, 5.74) is 2.57. The molecule has 1 aliphatic heterocycles. The van der Waals surface area contributed by atoms with Crippen molar-refractivity contribution in [1.82, 2.24) is 0 Å². The Labute approximate surface area is 204 Å². The molecule has 2 N–H and O–H groups in total. The number of sulfonamides is 1. The number of carbonyl (C=O) groups excluding carboxylic acids is 2. The number of carbonyl (C=O) groups is 2. The van der Waals surface area contributed by atoms with Gasteiger partial charge in [-0.1, -0.05) is 31.2 Å². The SMILES string of the molecule is CCc1ccc(C(=O)CCC(=O)Nc2ccc(NS(=O)(=O)c3ccc4c(c3)OCCO4)cc2)cc1. The van der Waals surface area contributed by atoms with Crippen LogP contribution in [0.2, 0.25) is 0 Å². The van der Waals surface area contributed by atoms with Gasteiger partial charge in [0.2, 0.25) is 5.91 Å². The fourth-order valence-corrected chi connectivity index (χ4v) is 4.62. The smallest absolute Gasteiger partial charge is 0.262 e. The van der Waals surface area contributed by atoms with E-state index in [2.05, 4.69) is 10.0 Å². The molecule has 0 saturated carbocycles. The van der Waals surface area contributed by atoms with Crippen molar-refractivity contribution in [3.63, 3.8) is 0 Å². The van der Waals surface area contributed by atoms with Gasteiger partial charge in [0.05, 0.1) is 4.90 Å². The average Bonchev–Trinajstić information content (AvgIpc) is 2.88. The standard InChI is InChI=1S/C26H26N2O6S/c1-2-18-3-5-19(6-4-18)23(29)12-14-26(30)27-20-7-9-21(10-8-20)28-35(31,32)22-11-13-24-25(17-22)34-16-15-33-24/h3-11,13,17,28H,2,12,14-16H2,1H3,(H,27,30). The van der Waals surface area contributed by atoms with Crippen molar-refractivity contribution < 1.29 is 27.5 Å². The minimum Gasteiger partial charge on any atom is -0.486 e. The van der Waals surface area contributed by atoms with Crippen molar-refractivity contribution in [2.45, 2.75) is 31.1 Å². The minimum atomic E-state index is -3.84. The molecule has 0 unspecified atom stereocenters. The van der Waals surface area contributed by atoms with Gasteiger partial charge < -0.3 is 14.8 Å². The second kappa shape index (κ2) is 10.6. The average molecular weight is 495 g/mol. The van der Waals surface area contributed by atoms with E-state index >= 15 is 0 Å². The Morgan fingerprint density at radius 3 is 2.17 bits per heavy atom. The summed E-state index contributed by atoms with van der Waals surface area (Å²) >= 11 is 0. The lowest BCUT2D eigenvalue weighted by molar-refractivity contribution is -0.116. The van der Waals surface area contributed by atoms with Crippen LogP contribution in [0, 0.1) is 0 Å². The molecule has 0 aromatic heterocycles. The lowest BCUT2D eigenvalue weighted by Gasteiger charge is -2.19. The van der Waals surface area contributed by atoms with E-state index in [1.807, 2.05) is 19.1 Å². The van der Waals surface area contributed by atoms with Crippen molar-refractivity contribution in [3.05, 3.63) is 77.9 Å². The second-order valence-corrected chi connectivity index (χ2v) is 9.69. The predicted molar refractivity (Wildman–Crippen MR) is 133 cm³/mol. The Kier molecular flexibility index (Phi) is 7.36. The number of amides is 1. The van der Waals surface area contributed by atoms with Crippen LogP contribution in [-0.2, 0) is 21.2 Å². The third-order valence-electron chi connectivity index (χ3n) is 5.51. The molecule has 182 valence electrons. The van der Waals surface area contributed by atoms with Crippen molar-refractivity contribution in [2.75, 3.05) is 23.3 Å². The Morgan fingerprint density at radius 1 is 0.829 bits per heavy atom. The fourth-order valence-electron chi connectivity index (χ4n) is 3.55. The van der Waals surface area contributed by atoms with Crippen LogP contribution in [0.15, 0.2) is 71.6 Å². The molecule has 0 bridgehead atoms. The van der Waals surface area contributed by atoms with E-state index in [-0.39, 0.29) is 29.4 Å². The predicted octanol–water partition coefficient (Wildman–Crippen LogP) is 4.42. The molecule has 0 radical (unpaired) electrons. The summed E-state index contributed by atoms with van der Waals surface area (Å²) in [7, 11) is -3.84. The lowest BCUT2D eigenvalue weighted by atomic mass is 10.0. The normalized spacial score (nSPS) is 12.6. The number of hydrogen-bond acceptors (Lipinski definition) is 6. The number of ketones is 1. The van der Waals surface area contributed by atoms with Crippen LogP contribution < -0.4 is 19.5 Å². The van der Waals surface area contributed by atoms with Crippen molar-refractivity contribution in [3.8, 4) is 11.5 Å². The highest BCUT2D eigenvalue weighted by Gasteiger charge is 2.19. The highest BCUT2D eigenvalue weighted by atomic mass is 32.2. The number of fused-ring (bicyclic) bond motifs is 1. The minimum absolute atomic E-state index is 0.0485. The zero-order valence-electron chi connectivity index (χ0n) is 19.2. The van der Waals surface area contributed by atoms with Crippen LogP contribution >= 0.6 is 0 Å². The summed E-state index contributed by atoms with van der Waals surface area (Å²) in [6, 6.07) is 18.1. The molecular weight excluding hydrogens is 468 g/mol. The molecule has 4 rings (SSSR count). The molecule has 0 fully saturated rings. The molecule has 0 aliphatic carbocycles. The molecule has 0 saturated heterocycles. The Bertz CT molecular complexity index is 1320. The first-order valence-corrected chi connectivity index (χ1v) is 12.8. The number of benzene rings is 3. The zero-order chi connectivity index (χ0) is 24.8. The topological polar surface area (TPSA) is 111 Å². The molecule has 9 heteroatoms. The van der Waals surface area contributed by atoms with Crippen LogP contribution in [0.4, 0.5) is 11.4 Å². The molecule has 1 aliphatic rings. The molecule has 1 heterocycles. The third kappa shape index (κ3) is 6.19. The van der Waals surface area contributed by atoms with E-state index in [4.69, 9.17) is 9.47 Å². The van der Waals surface area contributed by atoms with Crippen molar-refractivity contribution in [2.24, 2.45) is 0 Å². The van der Waals surface area contributed by atoms with Gasteiger partial charge in [-0.2, -0.15) is 0 Å². The van der Waals surface area contributed by atoms with Crippen molar-refractivity contribution in [1.29, 1.82) is 0 Å². The van der Waals surface area contributed by atoms with E-state index in [9.17, 15) is 18.0 Å².